The topological polar surface area (TPSA) is 86.8 Å². The molecule has 7 nitrogen and oxygen atoms in total. The maximum Gasteiger partial charge on any atom is 0.264 e. The molecular formula is C33H32Cl3N3O4S. The number of sulfonamides is 1. The average molecular weight is 673 g/mol. The molecule has 0 fully saturated rings. The van der Waals surface area contributed by atoms with E-state index in [1.54, 1.807) is 43.3 Å². The average Bonchev–Trinajstić information content (AvgIpc) is 2.98. The maximum atomic E-state index is 14.4. The van der Waals surface area contributed by atoms with Crippen LogP contribution in [0.15, 0.2) is 102 Å². The van der Waals surface area contributed by atoms with E-state index >= 15 is 0 Å². The van der Waals surface area contributed by atoms with Crippen molar-refractivity contribution in [2.75, 3.05) is 17.4 Å². The van der Waals surface area contributed by atoms with Gasteiger partial charge in [-0.25, -0.2) is 8.42 Å². The van der Waals surface area contributed by atoms with Gasteiger partial charge in [0.05, 0.1) is 10.6 Å². The third-order valence-electron chi connectivity index (χ3n) is 6.89. The molecule has 0 bridgehead atoms. The van der Waals surface area contributed by atoms with Gasteiger partial charge in [0.2, 0.25) is 11.8 Å². The quantitative estimate of drug-likeness (QED) is 0.177. The van der Waals surface area contributed by atoms with Crippen molar-refractivity contribution in [2.45, 2.75) is 37.8 Å². The standard InChI is InChI=1S/C33H32Cl3N3O4S/c1-3-37-33(41)31(17-24-8-5-4-6-9-24)38(21-25-10-7-11-26(34)16-25)32(40)22-39(29-19-27(35)18-28(36)20-29)44(42,43)30-14-12-23(2)13-15-30/h4-16,18-20,31H,3,17,21-22H2,1-2H3,(H,37,41)/t31-/m0/s1. The van der Waals surface area contributed by atoms with Crippen LogP contribution in [-0.2, 0) is 32.6 Å². The van der Waals surface area contributed by atoms with E-state index in [0.717, 1.165) is 15.4 Å². The summed E-state index contributed by atoms with van der Waals surface area (Å²) in [4.78, 5) is 29.3. The Kier molecular flexibility index (Phi) is 11.3. The molecule has 0 aliphatic heterocycles. The smallest absolute Gasteiger partial charge is 0.264 e. The van der Waals surface area contributed by atoms with Crippen LogP contribution in [0.25, 0.3) is 0 Å². The summed E-state index contributed by atoms with van der Waals surface area (Å²) in [6, 6.07) is 25.9. The van der Waals surface area contributed by atoms with Crippen LogP contribution in [-0.4, -0.2) is 44.3 Å². The Morgan fingerprint density at radius 3 is 2.05 bits per heavy atom. The number of nitrogens with one attached hydrogen (secondary N) is 1. The van der Waals surface area contributed by atoms with Crippen LogP contribution in [0.2, 0.25) is 15.1 Å². The number of aryl methyl sites for hydroxylation is 1. The molecule has 44 heavy (non-hydrogen) atoms. The molecule has 230 valence electrons. The highest BCUT2D eigenvalue weighted by molar-refractivity contribution is 7.92. The van der Waals surface area contributed by atoms with Crippen LogP contribution < -0.4 is 9.62 Å². The molecule has 0 heterocycles. The number of carbonyl (C=O) groups is 2. The van der Waals surface area contributed by atoms with Gasteiger partial charge in [0, 0.05) is 34.6 Å². The predicted octanol–water partition coefficient (Wildman–Crippen LogP) is 6.93. The molecule has 11 heteroatoms. The highest BCUT2D eigenvalue weighted by atomic mass is 35.5. The van der Waals surface area contributed by atoms with Gasteiger partial charge in [0.15, 0.2) is 0 Å². The largest absolute Gasteiger partial charge is 0.355 e. The lowest BCUT2D eigenvalue weighted by Crippen LogP contribution is -2.53. The van der Waals surface area contributed by atoms with E-state index in [0.29, 0.717) is 17.1 Å². The number of amides is 2. The SMILES string of the molecule is CCNC(=O)[C@H](Cc1ccccc1)N(Cc1cccc(Cl)c1)C(=O)CN(c1cc(Cl)cc(Cl)c1)S(=O)(=O)c1ccc(C)cc1. The van der Waals surface area contributed by atoms with E-state index in [1.807, 2.05) is 37.3 Å². The molecule has 0 aliphatic rings. The highest BCUT2D eigenvalue weighted by Gasteiger charge is 2.34. The molecule has 0 spiro atoms. The first-order valence-electron chi connectivity index (χ1n) is 13.9. The Labute approximate surface area is 273 Å². The summed E-state index contributed by atoms with van der Waals surface area (Å²) >= 11 is 18.8. The van der Waals surface area contributed by atoms with Crippen molar-refractivity contribution in [1.82, 2.24) is 10.2 Å². The number of hydrogen-bond donors (Lipinski definition) is 1. The molecule has 4 aromatic rings. The van der Waals surface area contributed by atoms with Crippen molar-refractivity contribution >= 4 is 62.3 Å². The molecule has 0 saturated heterocycles. The molecule has 1 N–H and O–H groups in total. The van der Waals surface area contributed by atoms with Gasteiger partial charge in [-0.15, -0.1) is 0 Å². The fraction of sp³-hybridized carbons (Fsp3) is 0.212. The van der Waals surface area contributed by atoms with Gasteiger partial charge < -0.3 is 10.2 Å². The third-order valence-corrected chi connectivity index (χ3v) is 9.35. The van der Waals surface area contributed by atoms with Crippen molar-refractivity contribution in [2.24, 2.45) is 0 Å². The van der Waals surface area contributed by atoms with Gasteiger partial charge in [0.25, 0.3) is 10.0 Å². The predicted molar refractivity (Wildman–Crippen MR) is 177 cm³/mol. The van der Waals surface area contributed by atoms with Crippen molar-refractivity contribution in [3.8, 4) is 0 Å². The number of likely N-dealkylation sites (N-methyl/N-ethyl adjacent to an activating group) is 1. The lowest BCUT2D eigenvalue weighted by molar-refractivity contribution is -0.140. The molecule has 0 radical (unpaired) electrons. The Morgan fingerprint density at radius 2 is 1.43 bits per heavy atom. The molecule has 0 aliphatic carbocycles. The zero-order valence-corrected chi connectivity index (χ0v) is 27.3. The zero-order valence-electron chi connectivity index (χ0n) is 24.2. The molecule has 0 aromatic heterocycles. The fourth-order valence-corrected chi connectivity index (χ4v) is 6.85. The second-order valence-corrected chi connectivity index (χ2v) is 13.4. The number of hydrogen-bond acceptors (Lipinski definition) is 4. The Bertz CT molecular complexity index is 1700. The van der Waals surface area contributed by atoms with Crippen molar-refractivity contribution in [3.63, 3.8) is 0 Å². The van der Waals surface area contributed by atoms with Crippen molar-refractivity contribution < 1.29 is 18.0 Å². The first kappa shape index (κ1) is 33.3. The van der Waals surface area contributed by atoms with Crippen molar-refractivity contribution in [1.29, 1.82) is 0 Å². The number of rotatable bonds is 12. The maximum absolute atomic E-state index is 14.4. The molecule has 4 aromatic carbocycles. The fourth-order valence-electron chi connectivity index (χ4n) is 4.73. The number of carbonyl (C=O) groups excluding carboxylic acids is 2. The second kappa shape index (κ2) is 14.9. The molecule has 1 atom stereocenters. The highest BCUT2D eigenvalue weighted by Crippen LogP contribution is 2.30. The van der Waals surface area contributed by atoms with E-state index in [4.69, 9.17) is 34.8 Å². The summed E-state index contributed by atoms with van der Waals surface area (Å²) in [6.07, 6.45) is 0.201. The minimum absolute atomic E-state index is 0.00273. The van der Waals surface area contributed by atoms with E-state index in [9.17, 15) is 18.0 Å². The molecular weight excluding hydrogens is 641 g/mol. The summed E-state index contributed by atoms with van der Waals surface area (Å²) in [6.45, 7) is 3.36. The van der Waals surface area contributed by atoms with E-state index in [-0.39, 0.29) is 39.5 Å². The van der Waals surface area contributed by atoms with Crippen LogP contribution in [0.5, 0.6) is 0 Å². The van der Waals surface area contributed by atoms with Crippen molar-refractivity contribution in [3.05, 3.63) is 129 Å². The van der Waals surface area contributed by atoms with Crippen LogP contribution in [0.3, 0.4) is 0 Å². The summed E-state index contributed by atoms with van der Waals surface area (Å²) in [5, 5.41) is 3.69. The third kappa shape index (κ3) is 8.54. The molecule has 2 amide bonds. The van der Waals surface area contributed by atoms with Gasteiger partial charge in [-0.2, -0.15) is 0 Å². The first-order chi connectivity index (χ1) is 21.0. The van der Waals surface area contributed by atoms with Crippen LogP contribution in [0.4, 0.5) is 5.69 Å². The lowest BCUT2D eigenvalue weighted by Gasteiger charge is -2.34. The zero-order chi connectivity index (χ0) is 31.9. The Hall–Kier alpha value is -3.56. The van der Waals surface area contributed by atoms with Gasteiger partial charge in [-0.05, 0) is 67.4 Å². The minimum atomic E-state index is -4.28. The Balaban J connectivity index is 1.82. The lowest BCUT2D eigenvalue weighted by atomic mass is 10.0. The molecule has 0 saturated carbocycles. The number of anilines is 1. The van der Waals surface area contributed by atoms with Crippen LogP contribution >= 0.6 is 34.8 Å². The summed E-state index contributed by atoms with van der Waals surface area (Å²) in [7, 11) is -4.28. The summed E-state index contributed by atoms with van der Waals surface area (Å²) < 4.78 is 29.2. The molecule has 4 rings (SSSR count). The van der Waals surface area contributed by atoms with Gasteiger partial charge in [0.1, 0.15) is 12.6 Å². The summed E-state index contributed by atoms with van der Waals surface area (Å²) in [5.41, 5.74) is 2.48. The monoisotopic (exact) mass is 671 g/mol. The van der Waals surface area contributed by atoms with E-state index in [2.05, 4.69) is 5.32 Å². The van der Waals surface area contributed by atoms with Crippen LogP contribution in [0.1, 0.15) is 23.6 Å². The van der Waals surface area contributed by atoms with Gasteiger partial charge >= 0.3 is 0 Å². The molecule has 0 unspecified atom stereocenters. The minimum Gasteiger partial charge on any atom is -0.355 e. The van der Waals surface area contributed by atoms with E-state index in [1.165, 1.54) is 35.2 Å². The second-order valence-electron chi connectivity index (χ2n) is 10.2. The van der Waals surface area contributed by atoms with Gasteiger partial charge in [-0.1, -0.05) is 95.0 Å². The normalized spacial score (nSPS) is 11.9. The van der Waals surface area contributed by atoms with E-state index < -0.39 is 28.5 Å². The van der Waals surface area contributed by atoms with Gasteiger partial charge in [-0.3, -0.25) is 13.9 Å². The Morgan fingerprint density at radius 1 is 0.795 bits per heavy atom. The summed E-state index contributed by atoms with van der Waals surface area (Å²) in [5.74, 6) is -0.977. The first-order valence-corrected chi connectivity index (χ1v) is 16.5. The number of nitrogens with zero attached hydrogens (tertiary/aromatic N) is 2. The number of halogens is 3. The number of benzene rings is 4. The van der Waals surface area contributed by atoms with Crippen LogP contribution in [0, 0.1) is 6.92 Å².